The van der Waals surface area contributed by atoms with Gasteiger partial charge < -0.3 is 24.1 Å². The topological polar surface area (TPSA) is 63.9 Å². The highest BCUT2D eigenvalue weighted by molar-refractivity contribution is 5.84. The monoisotopic (exact) mass is 382 g/mol. The molecule has 0 saturated carbocycles. The van der Waals surface area contributed by atoms with E-state index >= 15 is 0 Å². The Morgan fingerprint density at radius 2 is 1.86 bits per heavy atom. The summed E-state index contributed by atoms with van der Waals surface area (Å²) in [6, 6.07) is 12.9. The van der Waals surface area contributed by atoms with Crippen LogP contribution in [0.1, 0.15) is 29.9 Å². The van der Waals surface area contributed by atoms with Gasteiger partial charge in [0.15, 0.2) is 0 Å². The van der Waals surface area contributed by atoms with E-state index in [1.807, 2.05) is 56.3 Å². The van der Waals surface area contributed by atoms with Gasteiger partial charge in [0, 0.05) is 24.5 Å². The molecule has 28 heavy (non-hydrogen) atoms. The second kappa shape index (κ2) is 8.25. The summed E-state index contributed by atoms with van der Waals surface area (Å²) in [6.45, 7) is 4.38. The highest BCUT2D eigenvalue weighted by Gasteiger charge is 2.20. The number of furan rings is 1. The van der Waals surface area contributed by atoms with E-state index in [0.717, 1.165) is 39.4 Å². The van der Waals surface area contributed by atoms with E-state index < -0.39 is 0 Å². The molecule has 1 heterocycles. The van der Waals surface area contributed by atoms with Crippen molar-refractivity contribution in [2.45, 2.75) is 26.4 Å². The number of aryl methyl sites for hydroxylation is 1. The molecule has 1 atom stereocenters. The molecule has 3 rings (SSSR count). The third-order valence-electron chi connectivity index (χ3n) is 4.81. The van der Waals surface area contributed by atoms with Crippen molar-refractivity contribution >= 4 is 17.0 Å². The molecule has 0 radical (unpaired) electrons. The molecule has 6 heteroatoms. The number of nitrogens with one attached hydrogen (secondary N) is 1. The summed E-state index contributed by atoms with van der Waals surface area (Å²) in [7, 11) is 5.03. The first kappa shape index (κ1) is 19.6. The van der Waals surface area contributed by atoms with Gasteiger partial charge in [-0.3, -0.25) is 0 Å². The van der Waals surface area contributed by atoms with E-state index in [0.29, 0.717) is 6.54 Å². The number of ether oxygens (including phenoxy) is 2. The number of benzene rings is 2. The maximum atomic E-state index is 12.6. The lowest BCUT2D eigenvalue weighted by molar-refractivity contribution is 0.202. The number of urea groups is 1. The van der Waals surface area contributed by atoms with E-state index in [2.05, 4.69) is 5.32 Å². The van der Waals surface area contributed by atoms with E-state index in [9.17, 15) is 4.79 Å². The van der Waals surface area contributed by atoms with E-state index in [1.54, 1.807) is 26.2 Å². The van der Waals surface area contributed by atoms with Crippen LogP contribution in [0.5, 0.6) is 11.5 Å². The van der Waals surface area contributed by atoms with Crippen LogP contribution in [-0.2, 0) is 6.54 Å². The number of fused-ring (bicyclic) bond motifs is 1. The van der Waals surface area contributed by atoms with E-state index in [-0.39, 0.29) is 12.1 Å². The average molecular weight is 382 g/mol. The number of methoxy groups -OCH3 is 2. The predicted octanol–water partition coefficient (Wildman–Crippen LogP) is 4.66. The van der Waals surface area contributed by atoms with Gasteiger partial charge in [-0.1, -0.05) is 12.1 Å². The number of carbonyl (C=O) groups is 1. The van der Waals surface area contributed by atoms with Crippen molar-refractivity contribution in [3.05, 3.63) is 59.4 Å². The second-order valence-corrected chi connectivity index (χ2v) is 6.83. The SMILES string of the molecule is COc1cccc(CN(C)C(=O)NC(C)c2oc3ccc(OC)cc3c2C)c1. The molecule has 1 N–H and O–H groups in total. The van der Waals surface area contributed by atoms with E-state index in [1.165, 1.54) is 0 Å². The molecule has 0 aliphatic rings. The Hall–Kier alpha value is -3.15. The first-order valence-corrected chi connectivity index (χ1v) is 9.14. The first-order chi connectivity index (χ1) is 13.4. The smallest absolute Gasteiger partial charge is 0.318 e. The minimum atomic E-state index is -0.265. The number of carbonyl (C=O) groups excluding carboxylic acids is 1. The summed E-state index contributed by atoms with van der Waals surface area (Å²) in [6.07, 6.45) is 0. The normalized spacial score (nSPS) is 11.9. The van der Waals surface area contributed by atoms with Gasteiger partial charge >= 0.3 is 6.03 Å². The minimum Gasteiger partial charge on any atom is -0.497 e. The zero-order valence-electron chi connectivity index (χ0n) is 16.9. The summed E-state index contributed by atoms with van der Waals surface area (Å²) in [5, 5.41) is 3.99. The van der Waals surface area contributed by atoms with Gasteiger partial charge in [0.2, 0.25) is 0 Å². The summed E-state index contributed by atoms with van der Waals surface area (Å²) >= 11 is 0. The molecular weight excluding hydrogens is 356 g/mol. The fourth-order valence-corrected chi connectivity index (χ4v) is 3.24. The quantitative estimate of drug-likeness (QED) is 0.673. The van der Waals surface area contributed by atoms with Crippen LogP contribution >= 0.6 is 0 Å². The second-order valence-electron chi connectivity index (χ2n) is 6.83. The van der Waals surface area contributed by atoms with Crippen molar-refractivity contribution < 1.29 is 18.7 Å². The largest absolute Gasteiger partial charge is 0.497 e. The molecule has 2 amide bonds. The van der Waals surface area contributed by atoms with Crippen LogP contribution in [0.4, 0.5) is 4.79 Å². The molecule has 0 bridgehead atoms. The van der Waals surface area contributed by atoms with Crippen LogP contribution in [0.3, 0.4) is 0 Å². The van der Waals surface area contributed by atoms with Gasteiger partial charge in [-0.15, -0.1) is 0 Å². The molecule has 1 aromatic heterocycles. The minimum absolute atomic E-state index is 0.173. The van der Waals surface area contributed by atoms with Gasteiger partial charge in [0.1, 0.15) is 22.8 Å². The molecule has 0 spiro atoms. The third kappa shape index (κ3) is 4.06. The van der Waals surface area contributed by atoms with Crippen molar-refractivity contribution in [3.63, 3.8) is 0 Å². The maximum absolute atomic E-state index is 12.6. The number of hydrogen-bond acceptors (Lipinski definition) is 4. The molecule has 0 aliphatic heterocycles. The van der Waals surface area contributed by atoms with Crippen LogP contribution in [0.15, 0.2) is 46.9 Å². The molecule has 0 fully saturated rings. The van der Waals surface area contributed by atoms with Crippen LogP contribution in [0.2, 0.25) is 0 Å². The predicted molar refractivity (Wildman–Crippen MR) is 109 cm³/mol. The molecule has 1 unspecified atom stereocenters. The fraction of sp³-hybridized carbons (Fsp3) is 0.318. The molecule has 0 saturated heterocycles. The number of amides is 2. The molecule has 2 aromatic carbocycles. The Labute approximate surface area is 165 Å². The molecule has 148 valence electrons. The number of nitrogens with zero attached hydrogens (tertiary/aromatic N) is 1. The Kier molecular flexibility index (Phi) is 5.78. The summed E-state index contributed by atoms with van der Waals surface area (Å²) in [5.74, 6) is 2.29. The first-order valence-electron chi connectivity index (χ1n) is 9.14. The Morgan fingerprint density at radius 1 is 1.14 bits per heavy atom. The van der Waals surface area contributed by atoms with Gasteiger partial charge in [0.05, 0.1) is 20.3 Å². The lowest BCUT2D eigenvalue weighted by Gasteiger charge is -2.21. The lowest BCUT2D eigenvalue weighted by Crippen LogP contribution is -2.38. The Morgan fingerprint density at radius 3 is 2.57 bits per heavy atom. The number of rotatable bonds is 6. The standard InChI is InChI=1S/C22H26N2O4/c1-14-19-12-18(27-5)9-10-20(19)28-21(14)15(2)23-22(25)24(3)13-16-7-6-8-17(11-16)26-4/h6-12,15H,13H2,1-5H3,(H,23,25). The van der Waals surface area contributed by atoms with Gasteiger partial charge in [-0.05, 0) is 49.7 Å². The molecular formula is C22H26N2O4. The molecule has 3 aromatic rings. The van der Waals surface area contributed by atoms with Gasteiger partial charge in [0.25, 0.3) is 0 Å². The van der Waals surface area contributed by atoms with E-state index in [4.69, 9.17) is 13.9 Å². The summed E-state index contributed by atoms with van der Waals surface area (Å²) in [5.41, 5.74) is 2.77. The van der Waals surface area contributed by atoms with Crippen LogP contribution in [0.25, 0.3) is 11.0 Å². The van der Waals surface area contributed by atoms with Crippen molar-refractivity contribution in [3.8, 4) is 11.5 Å². The highest BCUT2D eigenvalue weighted by Crippen LogP contribution is 2.32. The summed E-state index contributed by atoms with van der Waals surface area (Å²) in [4.78, 5) is 14.3. The van der Waals surface area contributed by atoms with Crippen LogP contribution in [0, 0.1) is 6.92 Å². The summed E-state index contributed by atoms with van der Waals surface area (Å²) < 4.78 is 16.5. The average Bonchev–Trinajstić information content (AvgIpc) is 3.04. The zero-order valence-corrected chi connectivity index (χ0v) is 16.9. The zero-order chi connectivity index (χ0) is 20.3. The van der Waals surface area contributed by atoms with Crippen molar-refractivity contribution in [1.82, 2.24) is 10.2 Å². The Bertz CT molecular complexity index is 980. The van der Waals surface area contributed by atoms with Gasteiger partial charge in [-0.25, -0.2) is 4.79 Å². The highest BCUT2D eigenvalue weighted by atomic mass is 16.5. The van der Waals surface area contributed by atoms with Crippen molar-refractivity contribution in [2.75, 3.05) is 21.3 Å². The molecule has 0 aliphatic carbocycles. The lowest BCUT2D eigenvalue weighted by atomic mass is 10.1. The Balaban J connectivity index is 1.71. The van der Waals surface area contributed by atoms with Crippen LogP contribution < -0.4 is 14.8 Å². The van der Waals surface area contributed by atoms with Crippen molar-refractivity contribution in [1.29, 1.82) is 0 Å². The van der Waals surface area contributed by atoms with Crippen molar-refractivity contribution in [2.24, 2.45) is 0 Å². The molecule has 6 nitrogen and oxygen atoms in total. The van der Waals surface area contributed by atoms with Gasteiger partial charge in [-0.2, -0.15) is 0 Å². The third-order valence-corrected chi connectivity index (χ3v) is 4.81. The number of hydrogen-bond donors (Lipinski definition) is 1. The maximum Gasteiger partial charge on any atom is 0.318 e. The fourth-order valence-electron chi connectivity index (χ4n) is 3.24. The van der Waals surface area contributed by atoms with Crippen LogP contribution in [-0.4, -0.2) is 32.2 Å².